The van der Waals surface area contributed by atoms with Crippen LogP contribution in [-0.4, -0.2) is 16.1 Å². The Morgan fingerprint density at radius 3 is 2.95 bits per heavy atom. The predicted molar refractivity (Wildman–Crippen MR) is 93.1 cm³/mol. The third-order valence-corrected chi connectivity index (χ3v) is 4.46. The van der Waals surface area contributed by atoms with Crippen LogP contribution in [0.2, 0.25) is 0 Å². The Kier molecular flexibility index (Phi) is 4.45. The van der Waals surface area contributed by atoms with Gasteiger partial charge in [-0.3, -0.25) is 4.79 Å². The maximum atomic E-state index is 11.3. The van der Waals surface area contributed by atoms with Crippen LogP contribution < -0.4 is 10.9 Å². The summed E-state index contributed by atoms with van der Waals surface area (Å²) in [4.78, 5) is 14.7. The molecule has 1 aromatic carbocycles. The van der Waals surface area contributed by atoms with Gasteiger partial charge in [-0.05, 0) is 46.1 Å². The first kappa shape index (κ1) is 15.1. The summed E-state index contributed by atoms with van der Waals surface area (Å²) in [5.74, 6) is 0. The zero-order valence-corrected chi connectivity index (χ0v) is 14.0. The van der Waals surface area contributed by atoms with E-state index in [1.54, 1.807) is 17.7 Å². The summed E-state index contributed by atoms with van der Waals surface area (Å²) < 4.78 is 2.70. The average Bonchev–Trinajstić information content (AvgIpc) is 2.92. The molecule has 5 heteroatoms. The molecule has 0 aliphatic carbocycles. The van der Waals surface area contributed by atoms with E-state index < -0.39 is 0 Å². The minimum absolute atomic E-state index is 0.0214. The predicted octanol–water partition coefficient (Wildman–Crippen LogP) is 2.96. The van der Waals surface area contributed by atoms with Gasteiger partial charge in [0.05, 0.1) is 5.52 Å². The van der Waals surface area contributed by atoms with Crippen molar-refractivity contribution >= 4 is 26.8 Å². The molecule has 22 heavy (non-hydrogen) atoms. The van der Waals surface area contributed by atoms with Crippen LogP contribution in [0.5, 0.6) is 0 Å². The van der Waals surface area contributed by atoms with Crippen molar-refractivity contribution in [3.63, 3.8) is 0 Å². The Balaban J connectivity index is 1.59. The molecule has 0 aliphatic rings. The summed E-state index contributed by atoms with van der Waals surface area (Å²) in [5.41, 5.74) is 3.59. The van der Waals surface area contributed by atoms with E-state index >= 15 is 0 Å². The molecule has 0 saturated carbocycles. The Hall–Kier alpha value is -1.85. The van der Waals surface area contributed by atoms with Gasteiger partial charge in [0.1, 0.15) is 0 Å². The van der Waals surface area contributed by atoms with E-state index in [-0.39, 0.29) is 5.56 Å². The zero-order valence-electron chi connectivity index (χ0n) is 12.4. The number of H-pyrrole nitrogens is 1. The number of rotatable bonds is 5. The largest absolute Gasteiger partial charge is 0.360 e. The zero-order chi connectivity index (χ0) is 15.5. The maximum absolute atomic E-state index is 11.3. The molecule has 2 heterocycles. The van der Waals surface area contributed by atoms with E-state index in [4.69, 9.17) is 0 Å². The summed E-state index contributed by atoms with van der Waals surface area (Å²) in [5, 5.41) is 4.69. The number of nitrogens with one attached hydrogen (secondary N) is 2. The van der Waals surface area contributed by atoms with E-state index in [0.29, 0.717) is 0 Å². The van der Waals surface area contributed by atoms with E-state index in [9.17, 15) is 4.79 Å². The first-order valence-electron chi connectivity index (χ1n) is 7.26. The smallest absolute Gasteiger partial charge is 0.250 e. The molecule has 0 unspecified atom stereocenters. The van der Waals surface area contributed by atoms with E-state index in [1.807, 2.05) is 18.3 Å². The number of aromatic amines is 1. The molecule has 0 saturated heterocycles. The van der Waals surface area contributed by atoms with Crippen molar-refractivity contribution in [1.82, 2.24) is 14.9 Å². The molecule has 0 spiro atoms. The lowest BCUT2D eigenvalue weighted by molar-refractivity contribution is 0.680. The first-order valence-corrected chi connectivity index (χ1v) is 8.05. The summed E-state index contributed by atoms with van der Waals surface area (Å²) in [6, 6.07) is 9.72. The standard InChI is InChI=1S/C17H18BrN3O/c1-21-11-12(5-6-16(21)22)9-19-8-7-13-10-20-17-14(13)3-2-4-15(17)18/h2-6,10-11,19-20H,7-9H2,1H3. The molecule has 0 aliphatic heterocycles. The van der Waals surface area contributed by atoms with Crippen LogP contribution in [0, 0.1) is 0 Å². The summed E-state index contributed by atoms with van der Waals surface area (Å²) >= 11 is 3.56. The van der Waals surface area contributed by atoms with Gasteiger partial charge in [0.25, 0.3) is 0 Å². The van der Waals surface area contributed by atoms with Crippen molar-refractivity contribution in [3.8, 4) is 0 Å². The molecular formula is C17H18BrN3O. The molecule has 4 nitrogen and oxygen atoms in total. The number of aryl methyl sites for hydroxylation is 1. The second-order valence-electron chi connectivity index (χ2n) is 5.39. The van der Waals surface area contributed by atoms with E-state index in [2.05, 4.69) is 44.6 Å². The normalized spacial score (nSPS) is 11.2. The second kappa shape index (κ2) is 6.50. The second-order valence-corrected chi connectivity index (χ2v) is 6.24. The van der Waals surface area contributed by atoms with Gasteiger partial charge in [0.2, 0.25) is 5.56 Å². The van der Waals surface area contributed by atoms with Gasteiger partial charge < -0.3 is 14.9 Å². The fourth-order valence-corrected chi connectivity index (χ4v) is 3.07. The van der Waals surface area contributed by atoms with Crippen molar-refractivity contribution in [2.45, 2.75) is 13.0 Å². The molecule has 3 aromatic rings. The average molecular weight is 360 g/mol. The van der Waals surface area contributed by atoms with Gasteiger partial charge in [0, 0.05) is 41.9 Å². The molecule has 3 rings (SSSR count). The number of pyridine rings is 1. The number of halogens is 1. The molecule has 0 bridgehead atoms. The summed E-state index contributed by atoms with van der Waals surface area (Å²) in [7, 11) is 1.77. The van der Waals surface area contributed by atoms with Crippen LogP contribution in [0.25, 0.3) is 10.9 Å². The lowest BCUT2D eigenvalue weighted by Crippen LogP contribution is -2.20. The van der Waals surface area contributed by atoms with Gasteiger partial charge >= 0.3 is 0 Å². The lowest BCUT2D eigenvalue weighted by Gasteiger charge is -2.06. The lowest BCUT2D eigenvalue weighted by atomic mass is 10.1. The quantitative estimate of drug-likeness (QED) is 0.688. The number of para-hydroxylation sites is 1. The molecule has 0 radical (unpaired) electrons. The van der Waals surface area contributed by atoms with Crippen LogP contribution in [0.15, 0.2) is 52.0 Å². The van der Waals surface area contributed by atoms with Crippen LogP contribution >= 0.6 is 15.9 Å². The highest BCUT2D eigenvalue weighted by molar-refractivity contribution is 9.10. The highest BCUT2D eigenvalue weighted by Crippen LogP contribution is 2.25. The van der Waals surface area contributed by atoms with Gasteiger partial charge in [-0.15, -0.1) is 0 Å². The van der Waals surface area contributed by atoms with Gasteiger partial charge in [-0.1, -0.05) is 18.2 Å². The number of nitrogens with zero attached hydrogens (tertiary/aromatic N) is 1. The van der Waals surface area contributed by atoms with Crippen molar-refractivity contribution < 1.29 is 0 Å². The topological polar surface area (TPSA) is 49.8 Å². The summed E-state index contributed by atoms with van der Waals surface area (Å²) in [6.45, 7) is 1.66. The fourth-order valence-electron chi connectivity index (χ4n) is 2.59. The number of aromatic nitrogens is 2. The third kappa shape index (κ3) is 3.15. The van der Waals surface area contributed by atoms with Gasteiger partial charge in [-0.25, -0.2) is 0 Å². The Morgan fingerprint density at radius 1 is 1.27 bits per heavy atom. The number of hydrogen-bond donors (Lipinski definition) is 2. The Morgan fingerprint density at radius 2 is 2.14 bits per heavy atom. The minimum Gasteiger partial charge on any atom is -0.360 e. The maximum Gasteiger partial charge on any atom is 0.250 e. The number of hydrogen-bond acceptors (Lipinski definition) is 2. The van der Waals surface area contributed by atoms with Gasteiger partial charge in [-0.2, -0.15) is 0 Å². The van der Waals surface area contributed by atoms with Crippen LogP contribution in [0.3, 0.4) is 0 Å². The third-order valence-electron chi connectivity index (χ3n) is 3.80. The molecular weight excluding hydrogens is 342 g/mol. The van der Waals surface area contributed by atoms with Crippen molar-refractivity contribution in [2.24, 2.45) is 7.05 Å². The molecule has 0 amide bonds. The Labute approximate surface area is 137 Å². The monoisotopic (exact) mass is 359 g/mol. The number of fused-ring (bicyclic) bond motifs is 1. The highest BCUT2D eigenvalue weighted by atomic mass is 79.9. The first-order chi connectivity index (χ1) is 10.6. The van der Waals surface area contributed by atoms with Crippen LogP contribution in [0.4, 0.5) is 0 Å². The van der Waals surface area contributed by atoms with Crippen molar-refractivity contribution in [2.75, 3.05) is 6.54 Å². The Bertz CT molecular complexity index is 850. The van der Waals surface area contributed by atoms with Crippen molar-refractivity contribution in [3.05, 3.63) is 68.7 Å². The molecule has 2 N–H and O–H groups in total. The molecule has 0 fully saturated rings. The van der Waals surface area contributed by atoms with Crippen LogP contribution in [0.1, 0.15) is 11.1 Å². The minimum atomic E-state index is 0.0214. The van der Waals surface area contributed by atoms with Crippen LogP contribution in [-0.2, 0) is 20.0 Å². The summed E-state index contributed by atoms with van der Waals surface area (Å²) in [6.07, 6.45) is 4.91. The van der Waals surface area contributed by atoms with Crippen molar-refractivity contribution in [1.29, 1.82) is 0 Å². The SMILES string of the molecule is Cn1cc(CNCCc2c[nH]c3c(Br)cccc23)ccc1=O. The fraction of sp³-hybridized carbons (Fsp3) is 0.235. The molecule has 0 atom stereocenters. The van der Waals surface area contributed by atoms with Gasteiger partial charge in [0.15, 0.2) is 0 Å². The van der Waals surface area contributed by atoms with E-state index in [1.165, 1.54) is 10.9 Å². The van der Waals surface area contributed by atoms with E-state index in [0.717, 1.165) is 35.1 Å². The molecule has 114 valence electrons. The number of benzene rings is 1. The highest BCUT2D eigenvalue weighted by Gasteiger charge is 2.05. The molecule has 2 aromatic heterocycles.